The lowest BCUT2D eigenvalue weighted by atomic mass is 10.0. The number of rotatable bonds is 2. The number of nitrogens with one attached hydrogen (secondary N) is 1. The van der Waals surface area contributed by atoms with Crippen molar-refractivity contribution in [1.82, 2.24) is 24.9 Å². The van der Waals surface area contributed by atoms with E-state index in [4.69, 9.17) is 4.74 Å². The normalized spacial score (nSPS) is 13.8. The number of aryl methyl sites for hydroxylation is 1. The summed E-state index contributed by atoms with van der Waals surface area (Å²) in [5.74, 6) is 1.84. The minimum absolute atomic E-state index is 0.597. The van der Waals surface area contributed by atoms with E-state index in [0.717, 1.165) is 56.9 Å². The number of hydrogen-bond donors (Lipinski definition) is 1. The first-order chi connectivity index (χ1) is 15.2. The van der Waals surface area contributed by atoms with Gasteiger partial charge in [0.25, 0.3) is 0 Å². The average molecular weight is 407 g/mol. The summed E-state index contributed by atoms with van der Waals surface area (Å²) in [6, 6.07) is 14.6. The van der Waals surface area contributed by atoms with E-state index in [0.29, 0.717) is 13.2 Å². The molecular formula is C24H19N6O. The Morgan fingerprint density at radius 2 is 1.97 bits per heavy atom. The first kappa shape index (κ1) is 17.8. The van der Waals surface area contributed by atoms with Crippen molar-refractivity contribution < 1.29 is 4.74 Å². The van der Waals surface area contributed by atoms with Crippen LogP contribution in [-0.2, 0) is 6.54 Å². The predicted octanol–water partition coefficient (Wildman–Crippen LogP) is 4.08. The highest BCUT2D eigenvalue weighted by Gasteiger charge is 2.20. The third kappa shape index (κ3) is 3.15. The molecule has 6 rings (SSSR count). The van der Waals surface area contributed by atoms with Crippen molar-refractivity contribution >= 4 is 27.9 Å². The van der Waals surface area contributed by atoms with Gasteiger partial charge in [0.05, 0.1) is 12.1 Å². The molecule has 1 aliphatic rings. The molecule has 0 spiro atoms. The Morgan fingerprint density at radius 3 is 2.94 bits per heavy atom. The summed E-state index contributed by atoms with van der Waals surface area (Å²) in [4.78, 5) is 22.9. The quantitative estimate of drug-likeness (QED) is 0.475. The van der Waals surface area contributed by atoms with Crippen LogP contribution in [0.3, 0.4) is 0 Å². The molecule has 0 atom stereocenters. The van der Waals surface area contributed by atoms with Gasteiger partial charge in [-0.1, -0.05) is 17.7 Å². The van der Waals surface area contributed by atoms with Crippen molar-refractivity contribution in [2.75, 3.05) is 18.1 Å². The number of benzene rings is 2. The molecule has 0 saturated heterocycles. The summed E-state index contributed by atoms with van der Waals surface area (Å²) in [5, 5.41) is 1.06. The molecule has 7 heteroatoms. The number of ether oxygens (including phenoxy) is 1. The van der Waals surface area contributed by atoms with Crippen molar-refractivity contribution in [3.8, 4) is 16.9 Å². The molecule has 0 saturated carbocycles. The van der Waals surface area contributed by atoms with E-state index in [-0.39, 0.29) is 0 Å². The van der Waals surface area contributed by atoms with Crippen molar-refractivity contribution in [3.63, 3.8) is 0 Å². The maximum absolute atomic E-state index is 6.06. The van der Waals surface area contributed by atoms with E-state index in [1.807, 2.05) is 24.4 Å². The van der Waals surface area contributed by atoms with Crippen LogP contribution in [0.25, 0.3) is 33.2 Å². The largest absolute Gasteiger partial charge is 0.491 e. The fourth-order valence-electron chi connectivity index (χ4n) is 4.10. The van der Waals surface area contributed by atoms with Gasteiger partial charge in [-0.15, -0.1) is 0 Å². The fraction of sp³-hybridized carbons (Fsp3) is 0.167. The van der Waals surface area contributed by atoms with Gasteiger partial charge in [-0.3, -0.25) is 0 Å². The zero-order valence-electron chi connectivity index (χ0n) is 17.0. The van der Waals surface area contributed by atoms with Gasteiger partial charge >= 0.3 is 0 Å². The van der Waals surface area contributed by atoms with E-state index in [1.165, 1.54) is 5.56 Å². The molecule has 151 valence electrons. The third-order valence-corrected chi connectivity index (χ3v) is 5.66. The molecule has 0 bridgehead atoms. The van der Waals surface area contributed by atoms with E-state index < -0.39 is 0 Å². The Kier molecular flexibility index (Phi) is 4.06. The Bertz CT molecular complexity index is 1430. The summed E-state index contributed by atoms with van der Waals surface area (Å²) in [7, 11) is 0. The van der Waals surface area contributed by atoms with Crippen LogP contribution in [0.15, 0.2) is 55.0 Å². The van der Waals surface area contributed by atoms with E-state index >= 15 is 0 Å². The number of aromatic amines is 1. The number of imidazole rings is 1. The highest BCUT2D eigenvalue weighted by atomic mass is 16.5. The standard InChI is InChI=1S/C24H19N6O/c1-15-2-4-20-19(8-15)24(29-14-26-20)30-6-7-31-22-5-3-16(9-18(22)12-30)17-10-21-23(25-11-17)28-13-27-21/h2-5,8-11,14H,6-7,12H2,1H3,(H,25,27,28). The Morgan fingerprint density at radius 1 is 1.00 bits per heavy atom. The van der Waals surface area contributed by atoms with Gasteiger partial charge in [0.15, 0.2) is 12.0 Å². The van der Waals surface area contributed by atoms with Gasteiger partial charge in [0.2, 0.25) is 0 Å². The Balaban J connectivity index is 1.40. The van der Waals surface area contributed by atoms with Crippen LogP contribution in [0.2, 0.25) is 0 Å². The second kappa shape index (κ2) is 7.05. The van der Waals surface area contributed by atoms with Gasteiger partial charge < -0.3 is 14.6 Å². The van der Waals surface area contributed by atoms with Crippen LogP contribution >= 0.6 is 0 Å². The minimum Gasteiger partial charge on any atom is -0.491 e. The van der Waals surface area contributed by atoms with Gasteiger partial charge in [0.1, 0.15) is 30.0 Å². The Labute approximate surface area is 178 Å². The summed E-state index contributed by atoms with van der Waals surface area (Å²) in [6.07, 6.45) is 6.23. The summed E-state index contributed by atoms with van der Waals surface area (Å²) in [5.41, 5.74) is 6.87. The molecule has 1 radical (unpaired) electrons. The number of hydrogen-bond acceptors (Lipinski definition) is 6. The van der Waals surface area contributed by atoms with Gasteiger partial charge in [-0.05, 0) is 42.8 Å². The number of pyridine rings is 1. The molecule has 0 unspecified atom stereocenters. The first-order valence-corrected chi connectivity index (χ1v) is 10.2. The van der Waals surface area contributed by atoms with Crippen LogP contribution < -0.4 is 9.64 Å². The van der Waals surface area contributed by atoms with Crippen LogP contribution in [0.1, 0.15) is 11.1 Å². The molecule has 3 aromatic heterocycles. The van der Waals surface area contributed by atoms with Crippen molar-refractivity contribution in [2.24, 2.45) is 0 Å². The topological polar surface area (TPSA) is 79.8 Å². The van der Waals surface area contributed by atoms with Crippen LogP contribution in [0.4, 0.5) is 5.82 Å². The molecule has 4 heterocycles. The summed E-state index contributed by atoms with van der Waals surface area (Å²) < 4.78 is 6.06. The lowest BCUT2D eigenvalue weighted by Gasteiger charge is -2.22. The maximum atomic E-state index is 6.06. The van der Waals surface area contributed by atoms with Crippen LogP contribution in [-0.4, -0.2) is 38.1 Å². The molecule has 1 aliphatic heterocycles. The number of aromatic nitrogens is 5. The molecular weight excluding hydrogens is 388 g/mol. The summed E-state index contributed by atoms with van der Waals surface area (Å²) >= 11 is 0. The zero-order chi connectivity index (χ0) is 20.8. The van der Waals surface area contributed by atoms with Crippen molar-refractivity contribution in [2.45, 2.75) is 13.5 Å². The summed E-state index contributed by atoms with van der Waals surface area (Å²) in [6.45, 7) is 4.14. The molecule has 31 heavy (non-hydrogen) atoms. The van der Waals surface area contributed by atoms with E-state index in [9.17, 15) is 0 Å². The zero-order valence-corrected chi connectivity index (χ0v) is 17.0. The minimum atomic E-state index is 0.597. The van der Waals surface area contributed by atoms with Gasteiger partial charge in [-0.2, -0.15) is 0 Å². The maximum Gasteiger partial charge on any atom is 0.175 e. The molecule has 0 amide bonds. The van der Waals surface area contributed by atoms with Gasteiger partial charge in [-0.25, -0.2) is 19.9 Å². The first-order valence-electron chi connectivity index (χ1n) is 10.2. The lowest BCUT2D eigenvalue weighted by Crippen LogP contribution is -2.26. The van der Waals surface area contributed by atoms with Gasteiger partial charge in [0, 0.05) is 29.3 Å². The number of nitrogens with zero attached hydrogens (tertiary/aromatic N) is 5. The molecule has 1 N–H and O–H groups in total. The van der Waals surface area contributed by atoms with Crippen molar-refractivity contribution in [1.29, 1.82) is 0 Å². The van der Waals surface area contributed by atoms with E-state index in [1.54, 1.807) is 6.33 Å². The van der Waals surface area contributed by atoms with Crippen LogP contribution in [0, 0.1) is 13.3 Å². The number of H-pyrrole nitrogens is 1. The Hall–Kier alpha value is -4.00. The molecule has 2 aromatic carbocycles. The highest BCUT2D eigenvalue weighted by Crippen LogP contribution is 2.32. The SMILES string of the molecule is Cc1ccc2ncnc(N3CCOc4ccc(-c5cnc6[nH][c]nc6c5)cc4C3)c2c1. The molecule has 5 aromatic rings. The van der Waals surface area contributed by atoms with Crippen LogP contribution in [0.5, 0.6) is 5.75 Å². The van der Waals surface area contributed by atoms with Crippen molar-refractivity contribution in [3.05, 3.63) is 72.4 Å². The second-order valence-electron chi connectivity index (χ2n) is 7.75. The number of anilines is 1. The number of fused-ring (bicyclic) bond motifs is 3. The monoisotopic (exact) mass is 407 g/mol. The fourth-order valence-corrected chi connectivity index (χ4v) is 4.10. The molecule has 0 fully saturated rings. The third-order valence-electron chi connectivity index (χ3n) is 5.66. The average Bonchev–Trinajstić information content (AvgIpc) is 3.16. The molecule has 7 nitrogen and oxygen atoms in total. The molecule has 0 aliphatic carbocycles. The highest BCUT2D eigenvalue weighted by molar-refractivity contribution is 5.90. The van der Waals surface area contributed by atoms with E-state index in [2.05, 4.69) is 67.3 Å². The second-order valence-corrected chi connectivity index (χ2v) is 7.75. The predicted molar refractivity (Wildman–Crippen MR) is 119 cm³/mol. The smallest absolute Gasteiger partial charge is 0.175 e. The lowest BCUT2D eigenvalue weighted by molar-refractivity contribution is 0.331.